The Balaban J connectivity index is 1.35. The number of thiazole rings is 1. The van der Waals surface area contributed by atoms with Gasteiger partial charge in [-0.1, -0.05) is 41.7 Å². The number of nitrogens with one attached hydrogen (secondary N) is 1. The lowest BCUT2D eigenvalue weighted by molar-refractivity contribution is -0.384. The highest BCUT2D eigenvalue weighted by molar-refractivity contribution is 7.07. The summed E-state index contributed by atoms with van der Waals surface area (Å²) in [5.74, 6) is 1.24. The highest BCUT2D eigenvalue weighted by Crippen LogP contribution is 2.37. The summed E-state index contributed by atoms with van der Waals surface area (Å²) in [5.41, 5.74) is 3.28. The summed E-state index contributed by atoms with van der Waals surface area (Å²) < 4.78 is 19.0. The van der Waals surface area contributed by atoms with Gasteiger partial charge in [0, 0.05) is 29.4 Å². The van der Waals surface area contributed by atoms with Gasteiger partial charge in [-0.25, -0.2) is 4.99 Å². The maximum atomic E-state index is 14.1. The minimum atomic E-state index is -0.830. The van der Waals surface area contributed by atoms with Crippen LogP contribution in [0.4, 0.5) is 11.4 Å². The third-order valence-electron chi connectivity index (χ3n) is 7.76. The fourth-order valence-electron chi connectivity index (χ4n) is 5.36. The minimum absolute atomic E-state index is 0.0182. The molecular weight excluding hydrogens is 632 g/mol. The molecule has 4 aromatic carbocycles. The van der Waals surface area contributed by atoms with E-state index >= 15 is 0 Å². The number of anilines is 1. The number of amides is 1. The summed E-state index contributed by atoms with van der Waals surface area (Å²) >= 11 is 1.23. The first-order valence-electron chi connectivity index (χ1n) is 14.8. The monoisotopic (exact) mass is 662 g/mol. The molecule has 0 saturated heterocycles. The Morgan fingerprint density at radius 1 is 0.979 bits per heavy atom. The van der Waals surface area contributed by atoms with Crippen molar-refractivity contribution in [2.75, 3.05) is 19.5 Å². The Hall–Kier alpha value is -6.01. The predicted octanol–water partition coefficient (Wildman–Crippen LogP) is 5.38. The number of methoxy groups -OCH3 is 2. The van der Waals surface area contributed by atoms with Gasteiger partial charge in [-0.15, -0.1) is 0 Å². The van der Waals surface area contributed by atoms with Crippen LogP contribution in [0.1, 0.15) is 29.7 Å². The van der Waals surface area contributed by atoms with Gasteiger partial charge < -0.3 is 19.5 Å². The number of hydrogen-bond acceptors (Lipinski definition) is 9. The standard InChI is InChI=1S/C36H30N4O7S/c1-22-32(34(41)38-25-7-5-4-6-8-25)33(29-18-17-28(45-2)20-30(29)46-3)39-35(42)31(48-36(39)37-22)19-23-11-15-27(16-12-23)47-21-24-9-13-26(14-10-24)40(43)44/h4-20,33H,21H2,1-3H3,(H,38,41)/b31-19-/t33-/m0/s1. The molecule has 1 aliphatic rings. The summed E-state index contributed by atoms with van der Waals surface area (Å²) in [5, 5.41) is 13.8. The Bertz CT molecular complexity index is 2210. The number of aromatic nitrogens is 1. The molecule has 12 heteroatoms. The van der Waals surface area contributed by atoms with Crippen molar-refractivity contribution in [3.8, 4) is 17.2 Å². The number of carbonyl (C=O) groups is 1. The van der Waals surface area contributed by atoms with Crippen LogP contribution >= 0.6 is 11.3 Å². The molecule has 0 radical (unpaired) electrons. The smallest absolute Gasteiger partial charge is 0.271 e. The van der Waals surface area contributed by atoms with Crippen LogP contribution in [0.5, 0.6) is 17.2 Å². The van der Waals surface area contributed by atoms with E-state index < -0.39 is 11.0 Å². The van der Waals surface area contributed by atoms with Gasteiger partial charge in [0.2, 0.25) is 0 Å². The maximum Gasteiger partial charge on any atom is 0.271 e. The molecule has 1 atom stereocenters. The fourth-order valence-corrected chi connectivity index (χ4v) is 6.41. The molecule has 0 saturated carbocycles. The molecule has 0 bridgehead atoms. The molecule has 0 unspecified atom stereocenters. The van der Waals surface area contributed by atoms with Crippen LogP contribution in [0.15, 0.2) is 118 Å². The minimum Gasteiger partial charge on any atom is -0.497 e. The summed E-state index contributed by atoms with van der Waals surface area (Å²) in [6.45, 7) is 2.00. The van der Waals surface area contributed by atoms with E-state index in [0.717, 1.165) is 11.1 Å². The third-order valence-corrected chi connectivity index (χ3v) is 8.75. The Kier molecular flexibility index (Phi) is 9.17. The van der Waals surface area contributed by atoms with Gasteiger partial charge >= 0.3 is 0 Å². The first kappa shape index (κ1) is 32.0. The van der Waals surface area contributed by atoms with E-state index in [1.807, 2.05) is 30.3 Å². The zero-order valence-electron chi connectivity index (χ0n) is 26.2. The molecule has 0 spiro atoms. The van der Waals surface area contributed by atoms with E-state index in [9.17, 15) is 19.7 Å². The number of non-ortho nitro benzene ring substituents is 1. The highest BCUT2D eigenvalue weighted by atomic mass is 32.1. The van der Waals surface area contributed by atoms with E-state index in [1.54, 1.807) is 74.7 Å². The number of carbonyl (C=O) groups excluding carboxylic acids is 1. The average molecular weight is 663 g/mol. The van der Waals surface area contributed by atoms with Crippen LogP contribution in [-0.2, 0) is 11.4 Å². The molecule has 2 heterocycles. The Morgan fingerprint density at radius 2 is 1.69 bits per heavy atom. The number of para-hydroxylation sites is 1. The van der Waals surface area contributed by atoms with Crippen molar-refractivity contribution in [2.24, 2.45) is 4.99 Å². The van der Waals surface area contributed by atoms with Gasteiger partial charge in [0.05, 0.1) is 34.9 Å². The normalized spacial score (nSPS) is 14.1. The van der Waals surface area contributed by atoms with Gasteiger partial charge in [-0.05, 0) is 72.7 Å². The SMILES string of the molecule is COc1ccc([C@H]2C(C(=O)Nc3ccccc3)=C(C)N=c3s/c(=C\c4ccc(OCc5ccc([N+](=O)[O-])cc5)cc4)c(=O)n32)c(OC)c1. The van der Waals surface area contributed by atoms with Crippen molar-refractivity contribution in [2.45, 2.75) is 19.6 Å². The van der Waals surface area contributed by atoms with E-state index in [0.29, 0.717) is 49.1 Å². The number of allylic oxidation sites excluding steroid dienone is 1. The molecule has 1 N–H and O–H groups in total. The third kappa shape index (κ3) is 6.60. The molecule has 242 valence electrons. The first-order chi connectivity index (χ1) is 23.2. The lowest BCUT2D eigenvalue weighted by Crippen LogP contribution is -2.40. The second-order valence-electron chi connectivity index (χ2n) is 10.8. The Morgan fingerprint density at radius 3 is 2.35 bits per heavy atom. The quantitative estimate of drug-likeness (QED) is 0.157. The van der Waals surface area contributed by atoms with Crippen LogP contribution in [0.2, 0.25) is 0 Å². The number of rotatable bonds is 10. The van der Waals surface area contributed by atoms with Crippen molar-refractivity contribution < 1.29 is 23.9 Å². The summed E-state index contributed by atoms with van der Waals surface area (Å²) in [6, 6.07) is 27.0. The lowest BCUT2D eigenvalue weighted by atomic mass is 9.94. The van der Waals surface area contributed by atoms with Gasteiger partial charge in [0.1, 0.15) is 29.9 Å². The molecular formula is C36H30N4O7S. The van der Waals surface area contributed by atoms with E-state index in [4.69, 9.17) is 19.2 Å². The number of nitro groups is 1. The fraction of sp³-hybridized carbons (Fsp3) is 0.139. The number of ether oxygens (including phenoxy) is 3. The maximum absolute atomic E-state index is 14.1. The van der Waals surface area contributed by atoms with E-state index in [2.05, 4.69) is 5.32 Å². The molecule has 0 fully saturated rings. The summed E-state index contributed by atoms with van der Waals surface area (Å²) in [4.78, 5) is 43.6. The van der Waals surface area contributed by atoms with E-state index in [1.165, 1.54) is 35.1 Å². The van der Waals surface area contributed by atoms with Gasteiger partial charge in [-0.3, -0.25) is 24.3 Å². The van der Waals surface area contributed by atoms with Crippen LogP contribution < -0.4 is 34.4 Å². The summed E-state index contributed by atoms with van der Waals surface area (Å²) in [7, 11) is 3.08. The van der Waals surface area contributed by atoms with Crippen molar-refractivity contribution in [3.05, 3.63) is 155 Å². The molecule has 6 rings (SSSR count). The number of fused-ring (bicyclic) bond motifs is 1. The van der Waals surface area contributed by atoms with Crippen LogP contribution in [0.25, 0.3) is 6.08 Å². The van der Waals surface area contributed by atoms with Crippen molar-refractivity contribution >= 4 is 34.7 Å². The van der Waals surface area contributed by atoms with Crippen molar-refractivity contribution in [3.63, 3.8) is 0 Å². The zero-order chi connectivity index (χ0) is 33.8. The van der Waals surface area contributed by atoms with Crippen molar-refractivity contribution in [1.82, 2.24) is 4.57 Å². The second kappa shape index (κ2) is 13.8. The second-order valence-corrected chi connectivity index (χ2v) is 11.8. The summed E-state index contributed by atoms with van der Waals surface area (Å²) in [6.07, 6.45) is 1.77. The number of nitro benzene ring substituents is 1. The van der Waals surface area contributed by atoms with Crippen molar-refractivity contribution in [1.29, 1.82) is 0 Å². The molecule has 0 aliphatic carbocycles. The number of benzene rings is 4. The Labute approximate surface area is 278 Å². The number of hydrogen-bond donors (Lipinski definition) is 1. The average Bonchev–Trinajstić information content (AvgIpc) is 3.41. The largest absolute Gasteiger partial charge is 0.497 e. The predicted molar refractivity (Wildman–Crippen MR) is 182 cm³/mol. The lowest BCUT2D eigenvalue weighted by Gasteiger charge is -2.26. The van der Waals surface area contributed by atoms with Gasteiger partial charge in [0.25, 0.3) is 17.2 Å². The van der Waals surface area contributed by atoms with Crippen LogP contribution in [0, 0.1) is 10.1 Å². The molecule has 5 aromatic rings. The van der Waals surface area contributed by atoms with Crippen LogP contribution in [0.3, 0.4) is 0 Å². The zero-order valence-corrected chi connectivity index (χ0v) is 27.0. The molecule has 1 aliphatic heterocycles. The molecule has 48 heavy (non-hydrogen) atoms. The first-order valence-corrected chi connectivity index (χ1v) is 15.6. The highest BCUT2D eigenvalue weighted by Gasteiger charge is 2.34. The van der Waals surface area contributed by atoms with Crippen LogP contribution in [-0.4, -0.2) is 29.6 Å². The van der Waals surface area contributed by atoms with Gasteiger partial charge in [-0.2, -0.15) is 0 Å². The molecule has 1 aromatic heterocycles. The number of nitrogens with zero attached hydrogens (tertiary/aromatic N) is 3. The molecule has 11 nitrogen and oxygen atoms in total. The molecule has 1 amide bonds. The topological polar surface area (TPSA) is 134 Å². The van der Waals surface area contributed by atoms with E-state index in [-0.39, 0.29) is 23.8 Å². The van der Waals surface area contributed by atoms with Gasteiger partial charge in [0.15, 0.2) is 4.80 Å².